The van der Waals surface area contributed by atoms with E-state index >= 15 is 0 Å². The number of carboxylic acid groups (broad SMARTS) is 1. The van der Waals surface area contributed by atoms with E-state index in [4.69, 9.17) is 9.72 Å². The lowest BCUT2D eigenvalue weighted by Gasteiger charge is -2.21. The van der Waals surface area contributed by atoms with Crippen LogP contribution in [-0.4, -0.2) is 26.5 Å². The van der Waals surface area contributed by atoms with Crippen LogP contribution in [0.25, 0.3) is 11.0 Å². The second kappa shape index (κ2) is 13.0. The number of aliphatic carboxylic acids is 1. The lowest BCUT2D eigenvalue weighted by Crippen LogP contribution is -2.24. The molecule has 1 saturated carbocycles. The summed E-state index contributed by atoms with van der Waals surface area (Å²) in [5, 5.41) is 12.9. The first kappa shape index (κ1) is 28.4. The summed E-state index contributed by atoms with van der Waals surface area (Å²) in [5.74, 6) is 0.693. The molecule has 1 aromatic heterocycles. The Labute approximate surface area is 241 Å². The largest absolute Gasteiger partial charge is 0.478 e. The smallest absolute Gasteiger partial charge is 0.349 e. The monoisotopic (exact) mass is 553 g/mol. The molecule has 1 aliphatic rings. The van der Waals surface area contributed by atoms with Gasteiger partial charge in [-0.25, -0.2) is 9.78 Å². The zero-order valence-electron chi connectivity index (χ0n) is 23.9. The molecule has 7 heteroatoms. The molecule has 7 nitrogen and oxygen atoms in total. The predicted octanol–water partition coefficient (Wildman–Crippen LogP) is 7.46. The van der Waals surface area contributed by atoms with E-state index in [0.29, 0.717) is 17.9 Å². The van der Waals surface area contributed by atoms with Crippen LogP contribution in [0.2, 0.25) is 0 Å². The molecule has 1 fully saturated rings. The van der Waals surface area contributed by atoms with E-state index in [1.165, 1.54) is 6.42 Å². The van der Waals surface area contributed by atoms with E-state index in [2.05, 4.69) is 29.8 Å². The van der Waals surface area contributed by atoms with E-state index in [1.54, 1.807) is 24.3 Å². The van der Waals surface area contributed by atoms with E-state index in [-0.39, 0.29) is 11.8 Å². The molecule has 3 aromatic carbocycles. The minimum absolute atomic E-state index is 0.0909. The number of aromatic nitrogens is 2. The minimum atomic E-state index is -1.08. The van der Waals surface area contributed by atoms with Crippen LogP contribution in [-0.2, 0) is 22.6 Å². The number of carbonyl (C=O) groups is 2. The van der Waals surface area contributed by atoms with E-state index in [1.807, 2.05) is 36.4 Å². The molecule has 0 bridgehead atoms. The Morgan fingerprint density at radius 3 is 2.46 bits per heavy atom. The Bertz CT molecular complexity index is 1490. The minimum Gasteiger partial charge on any atom is -0.478 e. The maximum Gasteiger partial charge on any atom is 0.349 e. The van der Waals surface area contributed by atoms with E-state index in [0.717, 1.165) is 78.6 Å². The van der Waals surface area contributed by atoms with Gasteiger partial charge in [0.1, 0.15) is 11.6 Å². The molecule has 1 unspecified atom stereocenters. The summed E-state index contributed by atoms with van der Waals surface area (Å²) in [6, 6.07) is 20.6. The normalized spacial score (nSPS) is 14.6. The van der Waals surface area contributed by atoms with Crippen molar-refractivity contribution in [1.29, 1.82) is 0 Å². The SMILES string of the molecule is CCCCc1nc2c(C)cc(NC(=O)C3CCCCC3)cc2n1Cc1ccc(OC(C(=O)O)c2ccccc2)cc1. The van der Waals surface area contributed by atoms with Crippen LogP contribution >= 0.6 is 0 Å². The number of rotatable bonds is 11. The molecule has 0 aliphatic heterocycles. The summed E-state index contributed by atoms with van der Waals surface area (Å²) in [6.07, 6.45) is 7.29. The van der Waals surface area contributed by atoms with Crippen molar-refractivity contribution in [2.24, 2.45) is 5.92 Å². The first-order chi connectivity index (χ1) is 19.9. The molecule has 0 spiro atoms. The molecule has 0 saturated heterocycles. The molecule has 1 atom stereocenters. The highest BCUT2D eigenvalue weighted by Gasteiger charge is 2.23. The number of anilines is 1. The molecule has 4 aromatic rings. The van der Waals surface area contributed by atoms with Gasteiger partial charge in [-0.1, -0.05) is 75.1 Å². The van der Waals surface area contributed by atoms with Gasteiger partial charge in [0.25, 0.3) is 0 Å². The average molecular weight is 554 g/mol. The Hall–Kier alpha value is -4.13. The summed E-state index contributed by atoms with van der Waals surface area (Å²) < 4.78 is 8.10. The molecule has 2 N–H and O–H groups in total. The van der Waals surface area contributed by atoms with Crippen LogP contribution in [0, 0.1) is 12.8 Å². The number of benzene rings is 3. The van der Waals surface area contributed by atoms with Gasteiger partial charge >= 0.3 is 5.97 Å². The van der Waals surface area contributed by atoms with Crippen molar-refractivity contribution in [3.63, 3.8) is 0 Å². The van der Waals surface area contributed by atoms with Gasteiger partial charge in [0.2, 0.25) is 12.0 Å². The van der Waals surface area contributed by atoms with Gasteiger partial charge in [-0.2, -0.15) is 0 Å². The topological polar surface area (TPSA) is 93.5 Å². The number of amides is 1. The molecule has 41 heavy (non-hydrogen) atoms. The summed E-state index contributed by atoms with van der Waals surface area (Å²) in [4.78, 5) is 29.9. The Balaban J connectivity index is 1.40. The first-order valence-electron chi connectivity index (χ1n) is 14.8. The van der Waals surface area contributed by atoms with Crippen molar-refractivity contribution in [1.82, 2.24) is 9.55 Å². The highest BCUT2D eigenvalue weighted by Crippen LogP contribution is 2.30. The van der Waals surface area contributed by atoms with Gasteiger partial charge < -0.3 is 19.7 Å². The zero-order chi connectivity index (χ0) is 28.8. The van der Waals surface area contributed by atoms with Crippen LogP contribution in [0.15, 0.2) is 66.7 Å². The summed E-state index contributed by atoms with van der Waals surface area (Å²) in [5.41, 5.74) is 5.47. The molecule has 1 amide bonds. The first-order valence-corrected chi connectivity index (χ1v) is 14.8. The summed E-state index contributed by atoms with van der Waals surface area (Å²) in [7, 11) is 0. The number of nitrogens with zero attached hydrogens (tertiary/aromatic N) is 2. The standard InChI is InChI=1S/C34H39N3O4/c1-3-4-15-30-36-31-23(2)20-27(35-33(38)26-13-9-6-10-14-26)21-29(31)37(30)22-24-16-18-28(19-17-24)41-32(34(39)40)25-11-7-5-8-12-25/h5,7-8,11-12,16-21,26,32H,3-4,6,9-10,13-15,22H2,1-2H3,(H,35,38)(H,39,40). The number of ether oxygens (including phenoxy) is 1. The lowest BCUT2D eigenvalue weighted by atomic mass is 9.88. The number of carboxylic acids is 1. The molecule has 5 rings (SSSR count). The third-order valence-corrected chi connectivity index (χ3v) is 7.97. The Morgan fingerprint density at radius 1 is 1.05 bits per heavy atom. The van der Waals surface area contributed by atoms with Crippen LogP contribution in [0.1, 0.15) is 80.5 Å². The van der Waals surface area contributed by atoms with Crippen LogP contribution in [0.3, 0.4) is 0 Å². The van der Waals surface area contributed by atoms with Gasteiger partial charge in [-0.3, -0.25) is 4.79 Å². The van der Waals surface area contributed by atoms with Crippen LogP contribution < -0.4 is 10.1 Å². The van der Waals surface area contributed by atoms with Gasteiger partial charge in [-0.15, -0.1) is 0 Å². The number of carbonyl (C=O) groups excluding carboxylic acids is 1. The maximum absolute atomic E-state index is 13.0. The molecular formula is C34H39N3O4. The molecule has 214 valence electrons. The molecule has 1 heterocycles. The number of hydrogen-bond donors (Lipinski definition) is 2. The van der Waals surface area contributed by atoms with Crippen LogP contribution in [0.4, 0.5) is 5.69 Å². The number of fused-ring (bicyclic) bond motifs is 1. The highest BCUT2D eigenvalue weighted by molar-refractivity contribution is 5.95. The number of unbranched alkanes of at least 4 members (excludes halogenated alkanes) is 1. The molecule has 1 aliphatic carbocycles. The number of nitrogens with one attached hydrogen (secondary N) is 1. The van der Waals surface area contributed by atoms with Gasteiger partial charge in [0.05, 0.1) is 11.0 Å². The van der Waals surface area contributed by atoms with Crippen molar-refractivity contribution in [2.75, 3.05) is 5.32 Å². The maximum atomic E-state index is 13.0. The third-order valence-electron chi connectivity index (χ3n) is 7.97. The third kappa shape index (κ3) is 6.79. The van der Waals surface area contributed by atoms with E-state index < -0.39 is 12.1 Å². The Morgan fingerprint density at radius 2 is 1.78 bits per heavy atom. The predicted molar refractivity (Wildman–Crippen MR) is 161 cm³/mol. The van der Waals surface area contributed by atoms with Gasteiger partial charge in [0, 0.05) is 30.1 Å². The van der Waals surface area contributed by atoms with Crippen molar-refractivity contribution in [2.45, 2.75) is 77.9 Å². The van der Waals surface area contributed by atoms with Crippen molar-refractivity contribution >= 4 is 28.6 Å². The van der Waals surface area contributed by atoms with Crippen molar-refractivity contribution in [3.8, 4) is 5.75 Å². The summed E-state index contributed by atoms with van der Waals surface area (Å²) >= 11 is 0. The quantitative estimate of drug-likeness (QED) is 0.201. The van der Waals surface area contributed by atoms with Crippen LogP contribution in [0.5, 0.6) is 5.75 Å². The summed E-state index contributed by atoms with van der Waals surface area (Å²) in [6.45, 7) is 4.84. The second-order valence-electron chi connectivity index (χ2n) is 11.1. The van der Waals surface area contributed by atoms with E-state index in [9.17, 15) is 14.7 Å². The van der Waals surface area contributed by atoms with Crippen molar-refractivity contribution < 1.29 is 19.4 Å². The van der Waals surface area contributed by atoms with Crippen molar-refractivity contribution in [3.05, 3.63) is 89.2 Å². The number of hydrogen-bond acceptors (Lipinski definition) is 4. The average Bonchev–Trinajstić information content (AvgIpc) is 3.33. The molecule has 0 radical (unpaired) electrons. The Kier molecular flexibility index (Phi) is 9.02. The fourth-order valence-corrected chi connectivity index (χ4v) is 5.70. The zero-order valence-corrected chi connectivity index (χ0v) is 23.9. The van der Waals surface area contributed by atoms with Gasteiger partial charge in [0.15, 0.2) is 0 Å². The number of aryl methyl sites for hydroxylation is 2. The fourth-order valence-electron chi connectivity index (χ4n) is 5.70. The second-order valence-corrected chi connectivity index (χ2v) is 11.1. The molecular weight excluding hydrogens is 514 g/mol. The fraction of sp³-hybridized carbons (Fsp3) is 0.382. The number of imidazole rings is 1. The lowest BCUT2D eigenvalue weighted by molar-refractivity contribution is -0.145. The highest BCUT2D eigenvalue weighted by atomic mass is 16.5. The van der Waals surface area contributed by atoms with Gasteiger partial charge in [-0.05, 0) is 61.6 Å².